The molecule has 0 amide bonds. The number of nitrogens with one attached hydrogen (secondary N) is 1. The van der Waals surface area contributed by atoms with E-state index in [1.54, 1.807) is 0 Å². The van der Waals surface area contributed by atoms with Gasteiger partial charge in [0.15, 0.2) is 0 Å². The number of halogens is 1. The van der Waals surface area contributed by atoms with E-state index in [1.165, 1.54) is 24.1 Å². The van der Waals surface area contributed by atoms with Crippen LogP contribution in [0.2, 0.25) is 0 Å². The number of nitrogens with zero attached hydrogens (tertiary/aromatic N) is 1. The molecule has 2 atom stereocenters. The van der Waals surface area contributed by atoms with Crippen molar-refractivity contribution in [3.05, 3.63) is 28.2 Å². The molecule has 110 valence electrons. The second kappa shape index (κ2) is 5.32. The first kappa shape index (κ1) is 14.4. The Kier molecular flexibility index (Phi) is 3.82. The molecule has 1 saturated heterocycles. The molecule has 1 saturated carbocycles. The highest BCUT2D eigenvalue weighted by molar-refractivity contribution is 9.10. The van der Waals surface area contributed by atoms with E-state index in [2.05, 4.69) is 58.2 Å². The fourth-order valence-corrected chi connectivity index (χ4v) is 3.80. The second-order valence-electron chi connectivity index (χ2n) is 6.55. The van der Waals surface area contributed by atoms with Crippen LogP contribution in [0.3, 0.4) is 0 Å². The maximum Gasteiger partial charge on any atom is 0.0637 e. The molecule has 1 aromatic carbocycles. The summed E-state index contributed by atoms with van der Waals surface area (Å²) in [5, 5.41) is 3.74. The molecule has 0 radical (unpaired) electrons. The van der Waals surface area contributed by atoms with E-state index < -0.39 is 0 Å². The van der Waals surface area contributed by atoms with Crippen LogP contribution >= 0.6 is 15.9 Å². The molecule has 2 aliphatic rings. The molecule has 0 bridgehead atoms. The van der Waals surface area contributed by atoms with Crippen molar-refractivity contribution in [2.24, 2.45) is 5.73 Å². The lowest BCUT2D eigenvalue weighted by atomic mass is 9.95. The minimum absolute atomic E-state index is 0.0122. The summed E-state index contributed by atoms with van der Waals surface area (Å²) in [7, 11) is 0. The molecule has 3 nitrogen and oxygen atoms in total. The Morgan fingerprint density at radius 2 is 2.20 bits per heavy atom. The number of rotatable bonds is 4. The molecule has 1 aromatic rings. The van der Waals surface area contributed by atoms with E-state index in [-0.39, 0.29) is 5.54 Å². The van der Waals surface area contributed by atoms with Gasteiger partial charge >= 0.3 is 0 Å². The van der Waals surface area contributed by atoms with Crippen LogP contribution in [0.25, 0.3) is 0 Å². The van der Waals surface area contributed by atoms with Gasteiger partial charge in [0.25, 0.3) is 0 Å². The van der Waals surface area contributed by atoms with Gasteiger partial charge in [0.2, 0.25) is 0 Å². The number of benzene rings is 1. The molecule has 2 unspecified atom stereocenters. The molecule has 20 heavy (non-hydrogen) atoms. The normalized spacial score (nSPS) is 30.7. The third kappa shape index (κ3) is 2.74. The molecule has 4 heteroatoms. The van der Waals surface area contributed by atoms with Gasteiger partial charge in [-0.3, -0.25) is 4.90 Å². The molecule has 3 N–H and O–H groups in total. The molecule has 0 spiro atoms. The van der Waals surface area contributed by atoms with Crippen LogP contribution in [-0.4, -0.2) is 35.6 Å². The van der Waals surface area contributed by atoms with Crippen molar-refractivity contribution in [2.75, 3.05) is 18.4 Å². The lowest BCUT2D eigenvalue weighted by Crippen LogP contribution is -2.48. The third-order valence-electron chi connectivity index (χ3n) is 4.67. The van der Waals surface area contributed by atoms with Crippen LogP contribution in [-0.2, 0) is 0 Å². The summed E-state index contributed by atoms with van der Waals surface area (Å²) >= 11 is 3.65. The average Bonchev–Trinajstić information content (AvgIpc) is 3.20. The highest BCUT2D eigenvalue weighted by atomic mass is 79.9. The lowest BCUT2D eigenvalue weighted by molar-refractivity contribution is 0.252. The highest BCUT2D eigenvalue weighted by Gasteiger charge is 2.46. The van der Waals surface area contributed by atoms with Crippen molar-refractivity contribution < 1.29 is 0 Å². The van der Waals surface area contributed by atoms with Crippen LogP contribution in [0.4, 0.5) is 5.69 Å². The number of likely N-dealkylation sites (tertiary alicyclic amines) is 1. The van der Waals surface area contributed by atoms with Crippen molar-refractivity contribution in [2.45, 2.75) is 50.7 Å². The Balaban J connectivity index is 1.81. The molecular formula is C16H24BrN3. The smallest absolute Gasteiger partial charge is 0.0637 e. The Bertz CT molecular complexity index is 500. The SMILES string of the molecule is Cc1ccc(Br)c(NC2(CN)CC(C)N(C3CC3)C2)c1. The summed E-state index contributed by atoms with van der Waals surface area (Å²) in [6.07, 6.45) is 3.85. The number of anilines is 1. The van der Waals surface area contributed by atoms with E-state index in [4.69, 9.17) is 5.73 Å². The summed E-state index contributed by atoms with van der Waals surface area (Å²) in [6, 6.07) is 7.87. The Labute approximate surface area is 130 Å². The summed E-state index contributed by atoms with van der Waals surface area (Å²) in [4.78, 5) is 2.64. The topological polar surface area (TPSA) is 41.3 Å². The van der Waals surface area contributed by atoms with Gasteiger partial charge in [-0.05, 0) is 66.7 Å². The summed E-state index contributed by atoms with van der Waals surface area (Å²) in [6.45, 7) is 6.21. The van der Waals surface area contributed by atoms with E-state index in [9.17, 15) is 0 Å². The molecule has 3 rings (SSSR count). The minimum atomic E-state index is 0.0122. The van der Waals surface area contributed by atoms with Gasteiger partial charge in [0.1, 0.15) is 0 Å². The Morgan fingerprint density at radius 3 is 2.85 bits per heavy atom. The fourth-order valence-electron chi connectivity index (χ4n) is 3.46. The van der Waals surface area contributed by atoms with Crippen molar-refractivity contribution in [1.29, 1.82) is 0 Å². The first-order valence-electron chi connectivity index (χ1n) is 7.53. The Morgan fingerprint density at radius 1 is 1.45 bits per heavy atom. The number of hydrogen-bond donors (Lipinski definition) is 2. The van der Waals surface area contributed by atoms with E-state index in [0.717, 1.165) is 23.5 Å². The van der Waals surface area contributed by atoms with Crippen molar-refractivity contribution in [3.63, 3.8) is 0 Å². The third-order valence-corrected chi connectivity index (χ3v) is 5.36. The standard InChI is InChI=1S/C16H24BrN3/c1-11-3-6-14(17)15(7-11)19-16(9-18)8-12(2)20(10-16)13-4-5-13/h3,6-7,12-13,19H,4-5,8-10,18H2,1-2H3. The lowest BCUT2D eigenvalue weighted by Gasteiger charge is -2.31. The van der Waals surface area contributed by atoms with Crippen molar-refractivity contribution >= 4 is 21.6 Å². The number of hydrogen-bond acceptors (Lipinski definition) is 3. The molecule has 1 heterocycles. The van der Waals surface area contributed by atoms with E-state index in [1.807, 2.05) is 0 Å². The summed E-state index contributed by atoms with van der Waals surface area (Å²) < 4.78 is 1.12. The van der Waals surface area contributed by atoms with Crippen LogP contribution in [0.15, 0.2) is 22.7 Å². The Hall–Kier alpha value is -0.580. The number of aryl methyl sites for hydroxylation is 1. The largest absolute Gasteiger partial charge is 0.376 e. The van der Waals surface area contributed by atoms with Gasteiger partial charge in [0, 0.05) is 35.3 Å². The van der Waals surface area contributed by atoms with Crippen molar-refractivity contribution in [3.8, 4) is 0 Å². The zero-order chi connectivity index (χ0) is 14.3. The van der Waals surface area contributed by atoms with Crippen LogP contribution < -0.4 is 11.1 Å². The van der Waals surface area contributed by atoms with Crippen LogP contribution in [0, 0.1) is 6.92 Å². The zero-order valence-electron chi connectivity index (χ0n) is 12.3. The zero-order valence-corrected chi connectivity index (χ0v) is 13.9. The first-order valence-corrected chi connectivity index (χ1v) is 8.32. The van der Waals surface area contributed by atoms with E-state index >= 15 is 0 Å². The van der Waals surface area contributed by atoms with Gasteiger partial charge in [-0.2, -0.15) is 0 Å². The van der Waals surface area contributed by atoms with Gasteiger partial charge < -0.3 is 11.1 Å². The highest BCUT2D eigenvalue weighted by Crippen LogP contribution is 2.39. The molecule has 1 aliphatic carbocycles. The molecule has 2 fully saturated rings. The van der Waals surface area contributed by atoms with Gasteiger partial charge in [-0.25, -0.2) is 0 Å². The van der Waals surface area contributed by atoms with Crippen LogP contribution in [0.5, 0.6) is 0 Å². The van der Waals surface area contributed by atoms with Gasteiger partial charge in [0.05, 0.1) is 5.54 Å². The van der Waals surface area contributed by atoms with Crippen LogP contribution in [0.1, 0.15) is 31.7 Å². The van der Waals surface area contributed by atoms with Crippen molar-refractivity contribution in [1.82, 2.24) is 4.90 Å². The monoisotopic (exact) mass is 337 g/mol. The molecular weight excluding hydrogens is 314 g/mol. The van der Waals surface area contributed by atoms with E-state index in [0.29, 0.717) is 12.6 Å². The molecule has 0 aromatic heterocycles. The summed E-state index contributed by atoms with van der Waals surface area (Å²) in [5.74, 6) is 0. The average molecular weight is 338 g/mol. The maximum absolute atomic E-state index is 6.15. The maximum atomic E-state index is 6.15. The summed E-state index contributed by atoms with van der Waals surface area (Å²) in [5.41, 5.74) is 8.60. The molecule has 1 aliphatic heterocycles. The quantitative estimate of drug-likeness (QED) is 0.886. The predicted molar refractivity (Wildman–Crippen MR) is 88.1 cm³/mol. The fraction of sp³-hybridized carbons (Fsp3) is 0.625. The predicted octanol–water partition coefficient (Wildman–Crippen LogP) is 3.12. The van der Waals surface area contributed by atoms with Gasteiger partial charge in [-0.15, -0.1) is 0 Å². The second-order valence-corrected chi connectivity index (χ2v) is 7.40. The van der Waals surface area contributed by atoms with Gasteiger partial charge in [-0.1, -0.05) is 6.07 Å². The minimum Gasteiger partial charge on any atom is -0.376 e. The number of nitrogens with two attached hydrogens (primary N) is 1. The first-order chi connectivity index (χ1) is 9.53.